The van der Waals surface area contributed by atoms with Crippen molar-refractivity contribution in [2.45, 2.75) is 24.4 Å². The van der Waals surface area contributed by atoms with E-state index in [2.05, 4.69) is 20.5 Å². The number of alkyl halides is 3. The largest absolute Gasteiger partial charge is 0.476 e. The van der Waals surface area contributed by atoms with Crippen molar-refractivity contribution in [3.8, 4) is 5.88 Å². The Morgan fingerprint density at radius 1 is 1.07 bits per heavy atom. The standard InChI is InChI=1S/C30H31F4N5O2/c1-39(2)27(40)9-6-14-35-15-16-41-26-13-11-22(19-36-26)28(21-10-12-25-23(17-21)29(31)38-37-25)24(18-30(32,33)34)20-7-4-3-5-8-20/h3-13,17,19,24,28,35H,14-16,18H2,1-2H3,(H,37,38)/b9-6+. The number of fused-ring (bicyclic) bond motifs is 1. The van der Waals surface area contributed by atoms with E-state index in [9.17, 15) is 22.4 Å². The molecule has 0 saturated carbocycles. The van der Waals surface area contributed by atoms with Crippen LogP contribution in [0.1, 0.15) is 34.9 Å². The molecule has 0 saturated heterocycles. The van der Waals surface area contributed by atoms with E-state index in [1.54, 1.807) is 80.8 Å². The third-order valence-electron chi connectivity index (χ3n) is 6.58. The van der Waals surface area contributed by atoms with E-state index in [-0.39, 0.29) is 11.3 Å². The van der Waals surface area contributed by atoms with Crippen LogP contribution in [0.3, 0.4) is 0 Å². The molecule has 11 heteroatoms. The number of carbonyl (C=O) groups is 1. The SMILES string of the molecule is CN(C)C(=O)/C=C/CNCCOc1ccc(C(c2ccc3n[nH]c(F)c3c2)C(CC(F)(F)F)c2ccccc2)cn1. The van der Waals surface area contributed by atoms with Crippen molar-refractivity contribution >= 4 is 16.8 Å². The van der Waals surface area contributed by atoms with Crippen LogP contribution in [0.5, 0.6) is 5.88 Å². The molecule has 2 N–H and O–H groups in total. The molecule has 0 aliphatic carbocycles. The molecular weight excluding hydrogens is 538 g/mol. The van der Waals surface area contributed by atoms with Crippen LogP contribution in [-0.4, -0.2) is 66.0 Å². The normalized spacial score (nSPS) is 13.4. The molecule has 0 aliphatic heterocycles. The van der Waals surface area contributed by atoms with Gasteiger partial charge in [0.1, 0.15) is 6.61 Å². The van der Waals surface area contributed by atoms with Crippen molar-refractivity contribution in [3.63, 3.8) is 0 Å². The van der Waals surface area contributed by atoms with Crippen molar-refractivity contribution in [1.82, 2.24) is 25.4 Å². The second kappa shape index (κ2) is 13.4. The summed E-state index contributed by atoms with van der Waals surface area (Å²) in [5.41, 5.74) is 1.94. The number of hydrogen-bond donors (Lipinski definition) is 2. The summed E-state index contributed by atoms with van der Waals surface area (Å²) in [6.45, 7) is 1.27. The van der Waals surface area contributed by atoms with Gasteiger partial charge in [-0.3, -0.25) is 9.89 Å². The van der Waals surface area contributed by atoms with Gasteiger partial charge >= 0.3 is 6.18 Å². The lowest BCUT2D eigenvalue weighted by Gasteiger charge is -2.29. The van der Waals surface area contributed by atoms with Crippen LogP contribution in [0.2, 0.25) is 0 Å². The molecule has 0 radical (unpaired) electrons. The number of rotatable bonds is 12. The number of likely N-dealkylation sites (N-methyl/N-ethyl adjacent to an activating group) is 1. The summed E-state index contributed by atoms with van der Waals surface area (Å²) < 4.78 is 61.8. The van der Waals surface area contributed by atoms with E-state index in [0.29, 0.717) is 47.8 Å². The van der Waals surface area contributed by atoms with Gasteiger partial charge in [-0.25, -0.2) is 4.98 Å². The fourth-order valence-corrected chi connectivity index (χ4v) is 4.61. The minimum Gasteiger partial charge on any atom is -0.476 e. The summed E-state index contributed by atoms with van der Waals surface area (Å²) in [6, 6.07) is 16.6. The molecule has 4 aromatic rings. The van der Waals surface area contributed by atoms with Gasteiger partial charge in [0, 0.05) is 57.4 Å². The van der Waals surface area contributed by atoms with Gasteiger partial charge in [-0.05, 0) is 28.8 Å². The first-order chi connectivity index (χ1) is 19.6. The third-order valence-corrected chi connectivity index (χ3v) is 6.58. The van der Waals surface area contributed by atoms with Crippen LogP contribution in [0, 0.1) is 5.95 Å². The Balaban J connectivity index is 1.55. The Kier molecular flexibility index (Phi) is 9.72. The number of H-pyrrole nitrogens is 1. The molecule has 41 heavy (non-hydrogen) atoms. The van der Waals surface area contributed by atoms with E-state index >= 15 is 0 Å². The maximum absolute atomic E-state index is 14.4. The first kappa shape index (κ1) is 29.7. The molecule has 0 aliphatic rings. The Hall–Kier alpha value is -4.25. The number of hydrogen-bond acceptors (Lipinski definition) is 5. The Labute approximate surface area is 235 Å². The van der Waals surface area contributed by atoms with Gasteiger partial charge in [0.15, 0.2) is 0 Å². The fraction of sp³-hybridized carbons (Fsp3) is 0.300. The van der Waals surface area contributed by atoms with Crippen molar-refractivity contribution in [2.24, 2.45) is 0 Å². The van der Waals surface area contributed by atoms with Crippen LogP contribution in [-0.2, 0) is 4.79 Å². The van der Waals surface area contributed by atoms with Gasteiger partial charge in [0.25, 0.3) is 0 Å². The Morgan fingerprint density at radius 3 is 2.51 bits per heavy atom. The zero-order chi connectivity index (χ0) is 29.4. The van der Waals surface area contributed by atoms with Gasteiger partial charge in [-0.2, -0.15) is 22.7 Å². The highest BCUT2D eigenvalue weighted by molar-refractivity contribution is 5.87. The molecule has 0 bridgehead atoms. The molecule has 4 rings (SSSR count). The van der Waals surface area contributed by atoms with Crippen molar-refractivity contribution in [1.29, 1.82) is 0 Å². The topological polar surface area (TPSA) is 83.1 Å². The molecule has 216 valence electrons. The number of amides is 1. The average molecular weight is 570 g/mol. The molecule has 2 aromatic carbocycles. The summed E-state index contributed by atoms with van der Waals surface area (Å²) >= 11 is 0. The molecule has 0 fully saturated rings. The molecule has 1 amide bonds. The van der Waals surface area contributed by atoms with E-state index in [1.807, 2.05) is 0 Å². The summed E-state index contributed by atoms with van der Waals surface area (Å²) in [4.78, 5) is 17.4. The first-order valence-electron chi connectivity index (χ1n) is 13.0. The second-order valence-electron chi connectivity index (χ2n) is 9.75. The van der Waals surface area contributed by atoms with Gasteiger partial charge in [0.05, 0.1) is 17.3 Å². The van der Waals surface area contributed by atoms with Crippen molar-refractivity contribution in [2.75, 3.05) is 33.8 Å². The number of halogens is 4. The molecule has 2 atom stereocenters. The maximum Gasteiger partial charge on any atom is 0.389 e. The van der Waals surface area contributed by atoms with Crippen LogP contribution in [0.15, 0.2) is 79.0 Å². The van der Waals surface area contributed by atoms with E-state index < -0.39 is 30.4 Å². The molecule has 2 aromatic heterocycles. The number of aromatic amines is 1. The number of pyridine rings is 1. The number of ether oxygens (including phenoxy) is 1. The summed E-state index contributed by atoms with van der Waals surface area (Å²) in [7, 11) is 3.34. The van der Waals surface area contributed by atoms with E-state index in [0.717, 1.165) is 0 Å². The molecule has 2 heterocycles. The lowest BCUT2D eigenvalue weighted by atomic mass is 9.75. The number of aromatic nitrogens is 3. The lowest BCUT2D eigenvalue weighted by Crippen LogP contribution is -2.23. The molecular formula is C30H31F4N5O2. The lowest BCUT2D eigenvalue weighted by molar-refractivity contribution is -0.139. The highest BCUT2D eigenvalue weighted by atomic mass is 19.4. The minimum atomic E-state index is -4.44. The van der Waals surface area contributed by atoms with Gasteiger partial charge in [-0.15, -0.1) is 0 Å². The number of benzene rings is 2. The monoisotopic (exact) mass is 569 g/mol. The van der Waals surface area contributed by atoms with Crippen LogP contribution < -0.4 is 10.1 Å². The first-order valence-corrected chi connectivity index (χ1v) is 13.0. The van der Waals surface area contributed by atoms with Gasteiger partial charge in [-0.1, -0.05) is 48.5 Å². The van der Waals surface area contributed by atoms with Crippen molar-refractivity contribution in [3.05, 3.63) is 102 Å². The second-order valence-corrected chi connectivity index (χ2v) is 9.75. The van der Waals surface area contributed by atoms with Gasteiger partial charge < -0.3 is 15.0 Å². The number of nitrogens with one attached hydrogen (secondary N) is 2. The van der Waals surface area contributed by atoms with Crippen molar-refractivity contribution < 1.29 is 27.1 Å². The zero-order valence-electron chi connectivity index (χ0n) is 22.7. The predicted octanol–water partition coefficient (Wildman–Crippen LogP) is 5.58. The summed E-state index contributed by atoms with van der Waals surface area (Å²) in [5.74, 6) is -2.21. The predicted molar refractivity (Wildman–Crippen MR) is 148 cm³/mol. The molecule has 7 nitrogen and oxygen atoms in total. The number of nitrogens with zero attached hydrogens (tertiary/aromatic N) is 3. The smallest absolute Gasteiger partial charge is 0.389 e. The summed E-state index contributed by atoms with van der Waals surface area (Å²) in [6.07, 6.45) is -0.823. The quantitative estimate of drug-likeness (QED) is 0.132. The Morgan fingerprint density at radius 2 is 1.83 bits per heavy atom. The van der Waals surface area contributed by atoms with Crippen LogP contribution in [0.25, 0.3) is 10.9 Å². The summed E-state index contributed by atoms with van der Waals surface area (Å²) in [5, 5.41) is 9.50. The highest BCUT2D eigenvalue weighted by Gasteiger charge is 2.38. The molecule has 0 spiro atoms. The minimum absolute atomic E-state index is 0.106. The fourth-order valence-electron chi connectivity index (χ4n) is 4.61. The third kappa shape index (κ3) is 8.14. The Bertz CT molecular complexity index is 1450. The van der Waals surface area contributed by atoms with E-state index in [4.69, 9.17) is 4.74 Å². The average Bonchev–Trinajstić information content (AvgIpc) is 3.32. The zero-order valence-corrected chi connectivity index (χ0v) is 22.7. The number of carbonyl (C=O) groups excluding carboxylic acids is 1. The van der Waals surface area contributed by atoms with Crippen LogP contribution in [0.4, 0.5) is 17.6 Å². The van der Waals surface area contributed by atoms with Crippen LogP contribution >= 0.6 is 0 Å². The molecule has 2 unspecified atom stereocenters. The maximum atomic E-state index is 14.4. The highest BCUT2D eigenvalue weighted by Crippen LogP contribution is 2.45. The van der Waals surface area contributed by atoms with Gasteiger partial charge in [0.2, 0.25) is 17.7 Å². The van der Waals surface area contributed by atoms with E-state index in [1.165, 1.54) is 17.2 Å².